The molecule has 2 aliphatic rings. The molecule has 3 heterocycles. The predicted molar refractivity (Wildman–Crippen MR) is 74.6 cm³/mol. The van der Waals surface area contributed by atoms with E-state index in [4.69, 9.17) is 9.47 Å². The van der Waals surface area contributed by atoms with Crippen LogP contribution in [0.5, 0.6) is 0 Å². The number of rotatable bonds is 4. The lowest BCUT2D eigenvalue weighted by Gasteiger charge is -2.26. The summed E-state index contributed by atoms with van der Waals surface area (Å²) in [5, 5.41) is 13.1. The SMILES string of the molecule is O=S(=O)(c1no[n+]([O-])c1S(=O)(=O)N1CCOCC1)N1CCOCC1. The molecular formula is C10H16N4O8S2. The molecule has 0 atom stereocenters. The van der Waals surface area contributed by atoms with Gasteiger partial charge in [-0.25, -0.2) is 16.8 Å². The summed E-state index contributed by atoms with van der Waals surface area (Å²) in [6.45, 7) is 0.704. The molecule has 0 bridgehead atoms. The molecule has 0 amide bonds. The number of morpholine rings is 2. The van der Waals surface area contributed by atoms with Crippen LogP contribution in [0.15, 0.2) is 14.7 Å². The Bertz CT molecular complexity index is 793. The van der Waals surface area contributed by atoms with E-state index in [1.54, 1.807) is 0 Å². The van der Waals surface area contributed by atoms with Crippen molar-refractivity contribution in [1.29, 1.82) is 0 Å². The third-order valence-corrected chi connectivity index (χ3v) is 7.46. The van der Waals surface area contributed by atoms with E-state index < -0.39 is 35.0 Å². The van der Waals surface area contributed by atoms with Crippen molar-refractivity contribution in [3.8, 4) is 0 Å². The fourth-order valence-corrected chi connectivity index (χ4v) is 5.69. The lowest BCUT2D eigenvalue weighted by Crippen LogP contribution is -2.46. The largest absolute Gasteiger partial charge is 0.379 e. The Morgan fingerprint density at radius 3 is 1.83 bits per heavy atom. The van der Waals surface area contributed by atoms with E-state index in [1.807, 2.05) is 0 Å². The summed E-state index contributed by atoms with van der Waals surface area (Å²) >= 11 is 0. The first-order valence-electron chi connectivity index (χ1n) is 7.10. The molecule has 2 fully saturated rings. The number of nitrogens with zero attached hydrogens (tertiary/aromatic N) is 4. The third-order valence-electron chi connectivity index (χ3n) is 3.66. The first kappa shape index (κ1) is 17.5. The minimum atomic E-state index is -4.39. The zero-order valence-electron chi connectivity index (χ0n) is 12.5. The summed E-state index contributed by atoms with van der Waals surface area (Å²) in [6, 6.07) is 0. The fraction of sp³-hybridized carbons (Fsp3) is 0.800. The second kappa shape index (κ2) is 6.53. The zero-order chi connectivity index (χ0) is 17.4. The summed E-state index contributed by atoms with van der Waals surface area (Å²) in [6.07, 6.45) is 0. The Labute approximate surface area is 138 Å². The van der Waals surface area contributed by atoms with Gasteiger partial charge in [-0.1, -0.05) is 0 Å². The van der Waals surface area contributed by atoms with E-state index in [0.29, 0.717) is 0 Å². The first-order chi connectivity index (χ1) is 11.3. The van der Waals surface area contributed by atoms with Crippen molar-refractivity contribution in [2.24, 2.45) is 0 Å². The van der Waals surface area contributed by atoms with Gasteiger partial charge in [0, 0.05) is 26.2 Å². The lowest BCUT2D eigenvalue weighted by molar-refractivity contribution is -0.832. The number of hydrogen-bond acceptors (Lipinski definition) is 9. The third kappa shape index (κ3) is 3.00. The molecule has 1 aromatic heterocycles. The van der Waals surface area contributed by atoms with Crippen molar-refractivity contribution in [2.75, 3.05) is 52.6 Å². The van der Waals surface area contributed by atoms with Gasteiger partial charge < -0.3 is 14.7 Å². The summed E-state index contributed by atoms with van der Waals surface area (Å²) in [5.41, 5.74) is 0. The van der Waals surface area contributed by atoms with E-state index in [2.05, 4.69) is 9.79 Å². The van der Waals surface area contributed by atoms with Crippen molar-refractivity contribution in [2.45, 2.75) is 10.1 Å². The van der Waals surface area contributed by atoms with Crippen molar-refractivity contribution in [3.05, 3.63) is 5.21 Å². The molecule has 0 unspecified atom stereocenters. The predicted octanol–water partition coefficient (Wildman–Crippen LogP) is -2.65. The summed E-state index contributed by atoms with van der Waals surface area (Å²) < 4.78 is 67.0. The fourth-order valence-electron chi connectivity index (χ4n) is 2.41. The summed E-state index contributed by atoms with van der Waals surface area (Å²) in [4.78, 5) is -0.391. The van der Waals surface area contributed by atoms with Crippen molar-refractivity contribution < 1.29 is 35.8 Å². The smallest absolute Gasteiger partial charge is 0.367 e. The van der Waals surface area contributed by atoms with Crippen LogP contribution in [-0.4, -0.2) is 83.2 Å². The van der Waals surface area contributed by atoms with Gasteiger partial charge in [0.15, 0.2) is 0 Å². The number of hydrogen-bond donors (Lipinski definition) is 0. The second-order valence-corrected chi connectivity index (χ2v) is 8.78. The van der Waals surface area contributed by atoms with E-state index in [1.165, 1.54) is 0 Å². The average Bonchev–Trinajstić information content (AvgIpc) is 3.00. The normalized spacial score (nSPS) is 21.8. The van der Waals surface area contributed by atoms with Crippen LogP contribution >= 0.6 is 0 Å². The maximum atomic E-state index is 12.7. The lowest BCUT2D eigenvalue weighted by atomic mass is 10.5. The highest BCUT2D eigenvalue weighted by molar-refractivity contribution is 7.92. The van der Waals surface area contributed by atoms with Gasteiger partial charge in [0.1, 0.15) is 0 Å². The second-order valence-electron chi connectivity index (χ2n) is 5.07. The Hall–Kier alpha value is -1.32. The molecule has 24 heavy (non-hydrogen) atoms. The van der Waals surface area contributed by atoms with Gasteiger partial charge in [-0.05, 0) is 4.90 Å². The quantitative estimate of drug-likeness (QED) is 0.508. The van der Waals surface area contributed by atoms with Gasteiger partial charge in [-0.15, -0.1) is 0 Å². The number of sulfonamides is 2. The maximum absolute atomic E-state index is 12.7. The monoisotopic (exact) mass is 384 g/mol. The van der Waals surface area contributed by atoms with E-state index in [-0.39, 0.29) is 52.6 Å². The molecule has 3 rings (SSSR count). The highest BCUT2D eigenvalue weighted by Gasteiger charge is 2.46. The number of ether oxygens (including phenoxy) is 2. The number of aromatic nitrogens is 2. The maximum Gasteiger partial charge on any atom is 0.367 e. The molecule has 1 aromatic rings. The van der Waals surface area contributed by atoms with Crippen molar-refractivity contribution in [3.63, 3.8) is 0 Å². The molecular weight excluding hydrogens is 368 g/mol. The van der Waals surface area contributed by atoms with Gasteiger partial charge in [0.2, 0.25) is 0 Å². The van der Waals surface area contributed by atoms with Crippen LogP contribution in [0.25, 0.3) is 0 Å². The van der Waals surface area contributed by atoms with E-state index in [0.717, 1.165) is 8.61 Å². The zero-order valence-corrected chi connectivity index (χ0v) is 14.2. The van der Waals surface area contributed by atoms with Gasteiger partial charge in [0.05, 0.1) is 31.6 Å². The Morgan fingerprint density at radius 2 is 1.33 bits per heavy atom. The summed E-state index contributed by atoms with van der Waals surface area (Å²) in [5.74, 6) is 0. The van der Waals surface area contributed by atoms with Crippen LogP contribution in [0.4, 0.5) is 0 Å². The molecule has 0 aromatic carbocycles. The topological polar surface area (TPSA) is 146 Å². The van der Waals surface area contributed by atoms with Crippen LogP contribution in [0, 0.1) is 5.21 Å². The van der Waals surface area contributed by atoms with Gasteiger partial charge in [-0.3, -0.25) is 4.63 Å². The average molecular weight is 384 g/mol. The Kier molecular flexibility index (Phi) is 4.76. The van der Waals surface area contributed by atoms with E-state index in [9.17, 15) is 22.0 Å². The molecule has 2 aliphatic heterocycles. The van der Waals surface area contributed by atoms with Crippen LogP contribution in [0.1, 0.15) is 0 Å². The molecule has 0 radical (unpaired) electrons. The van der Waals surface area contributed by atoms with E-state index >= 15 is 0 Å². The molecule has 2 saturated heterocycles. The van der Waals surface area contributed by atoms with Crippen molar-refractivity contribution in [1.82, 2.24) is 13.8 Å². The van der Waals surface area contributed by atoms with Gasteiger partial charge in [-0.2, -0.15) is 8.61 Å². The van der Waals surface area contributed by atoms with Crippen molar-refractivity contribution >= 4 is 20.0 Å². The molecule has 14 heteroatoms. The van der Waals surface area contributed by atoms with Crippen LogP contribution < -0.4 is 4.90 Å². The molecule has 0 aliphatic carbocycles. The molecule has 0 spiro atoms. The molecule has 0 saturated carbocycles. The summed E-state index contributed by atoms with van der Waals surface area (Å²) in [7, 11) is -8.69. The van der Waals surface area contributed by atoms with Crippen LogP contribution in [0.2, 0.25) is 0 Å². The molecule has 0 N–H and O–H groups in total. The first-order valence-corrected chi connectivity index (χ1v) is 9.98. The highest BCUT2D eigenvalue weighted by Crippen LogP contribution is 2.23. The van der Waals surface area contributed by atoms with Gasteiger partial charge in [0.25, 0.3) is 20.0 Å². The minimum absolute atomic E-state index is 0.00452. The van der Waals surface area contributed by atoms with Crippen LogP contribution in [0.3, 0.4) is 0 Å². The molecule has 136 valence electrons. The van der Waals surface area contributed by atoms with Gasteiger partial charge >= 0.3 is 10.1 Å². The standard InChI is InChI=1S/C10H16N4O8S2/c15-14-10(24(18,19)13-3-7-21-8-4-13)9(11-22-14)23(16,17)12-1-5-20-6-2-12/h1-8H2. The molecule has 12 nitrogen and oxygen atoms in total. The Morgan fingerprint density at radius 1 is 0.875 bits per heavy atom. The highest BCUT2D eigenvalue weighted by atomic mass is 32.2. The Balaban J connectivity index is 2.02. The minimum Gasteiger partial charge on any atom is -0.379 e. The van der Waals surface area contributed by atoms with Crippen LogP contribution in [-0.2, 0) is 29.5 Å².